The van der Waals surface area contributed by atoms with Crippen molar-refractivity contribution in [2.24, 2.45) is 5.73 Å². The number of nitrogens with one attached hydrogen (secondary N) is 1. The van der Waals surface area contributed by atoms with Crippen LogP contribution in [0.2, 0.25) is 0 Å². The maximum absolute atomic E-state index is 10.3. The molecule has 25 heavy (non-hydrogen) atoms. The molecule has 1 unspecified atom stereocenters. The van der Waals surface area contributed by atoms with Gasteiger partial charge < -0.3 is 16.2 Å². The first-order valence-electron chi connectivity index (χ1n) is 8.29. The van der Waals surface area contributed by atoms with E-state index in [-0.39, 0.29) is 11.8 Å². The van der Waals surface area contributed by atoms with Crippen molar-refractivity contribution in [3.63, 3.8) is 0 Å². The Hall–Kier alpha value is -2.44. The molecule has 0 radical (unpaired) electrons. The quantitative estimate of drug-likeness (QED) is 0.622. The van der Waals surface area contributed by atoms with Gasteiger partial charge in [-0.25, -0.2) is 9.97 Å². The third-order valence-electron chi connectivity index (χ3n) is 3.99. The standard InChI is InChI=1S/C19H22N4OS/c1-3-14(20)11-22-18-8-9-21-19(23-18)15-10-13(5-6-16(15)24)17-7-4-12(2)25-17/h4-10,14,24H,3,11,20H2,1-2H3,(H,21,22,23). The minimum atomic E-state index is 0.0808. The van der Waals surface area contributed by atoms with E-state index in [1.54, 1.807) is 29.7 Å². The molecule has 130 valence electrons. The average molecular weight is 354 g/mol. The van der Waals surface area contributed by atoms with Crippen LogP contribution in [0, 0.1) is 6.92 Å². The second-order valence-corrected chi connectivity index (χ2v) is 7.24. The number of aromatic nitrogens is 2. The number of nitrogens with zero attached hydrogens (tertiary/aromatic N) is 2. The lowest BCUT2D eigenvalue weighted by molar-refractivity contribution is 0.477. The van der Waals surface area contributed by atoms with E-state index in [9.17, 15) is 5.11 Å². The van der Waals surface area contributed by atoms with Gasteiger partial charge in [0.05, 0.1) is 5.56 Å². The van der Waals surface area contributed by atoms with Gasteiger partial charge in [-0.05, 0) is 55.3 Å². The van der Waals surface area contributed by atoms with Gasteiger partial charge in [0.1, 0.15) is 11.6 Å². The van der Waals surface area contributed by atoms with Crippen molar-refractivity contribution < 1.29 is 5.11 Å². The predicted molar refractivity (Wildman–Crippen MR) is 104 cm³/mol. The van der Waals surface area contributed by atoms with Crippen LogP contribution < -0.4 is 11.1 Å². The van der Waals surface area contributed by atoms with Gasteiger partial charge in [0.15, 0.2) is 5.82 Å². The van der Waals surface area contributed by atoms with Gasteiger partial charge in [0, 0.05) is 28.5 Å². The van der Waals surface area contributed by atoms with Gasteiger partial charge in [-0.3, -0.25) is 0 Å². The number of aryl methyl sites for hydroxylation is 1. The van der Waals surface area contributed by atoms with Crippen molar-refractivity contribution in [1.29, 1.82) is 0 Å². The molecule has 0 saturated carbocycles. The Morgan fingerprint density at radius 3 is 2.80 bits per heavy atom. The number of aromatic hydroxyl groups is 1. The zero-order valence-corrected chi connectivity index (χ0v) is 15.2. The summed E-state index contributed by atoms with van der Waals surface area (Å²) in [6.45, 7) is 4.77. The van der Waals surface area contributed by atoms with Crippen molar-refractivity contribution in [2.75, 3.05) is 11.9 Å². The number of thiophene rings is 1. The first kappa shape index (κ1) is 17.4. The highest BCUT2D eigenvalue weighted by Gasteiger charge is 2.11. The molecule has 0 bridgehead atoms. The van der Waals surface area contributed by atoms with Crippen LogP contribution in [0.3, 0.4) is 0 Å². The lowest BCUT2D eigenvalue weighted by atomic mass is 10.1. The molecule has 5 nitrogen and oxygen atoms in total. The monoisotopic (exact) mass is 354 g/mol. The van der Waals surface area contributed by atoms with Crippen molar-refractivity contribution >= 4 is 17.2 Å². The van der Waals surface area contributed by atoms with Gasteiger partial charge in [-0.2, -0.15) is 0 Å². The SMILES string of the molecule is CCC(N)CNc1ccnc(-c2cc(-c3ccc(C)s3)ccc2O)n1. The topological polar surface area (TPSA) is 84.1 Å². The molecule has 1 aromatic carbocycles. The Bertz CT molecular complexity index is 862. The fourth-order valence-electron chi connectivity index (χ4n) is 2.43. The summed E-state index contributed by atoms with van der Waals surface area (Å²) in [7, 11) is 0. The molecule has 0 spiro atoms. The lowest BCUT2D eigenvalue weighted by Gasteiger charge is -2.12. The second kappa shape index (κ2) is 7.63. The number of phenolic OH excluding ortho intramolecular Hbond substituents is 1. The third kappa shape index (κ3) is 4.15. The lowest BCUT2D eigenvalue weighted by Crippen LogP contribution is -2.28. The molecule has 6 heteroatoms. The van der Waals surface area contributed by atoms with Crippen molar-refractivity contribution in [2.45, 2.75) is 26.3 Å². The van der Waals surface area contributed by atoms with Gasteiger partial charge in [-0.15, -0.1) is 11.3 Å². The van der Waals surface area contributed by atoms with Crippen LogP contribution in [0.1, 0.15) is 18.2 Å². The van der Waals surface area contributed by atoms with Crippen LogP contribution >= 0.6 is 11.3 Å². The van der Waals surface area contributed by atoms with Crippen LogP contribution in [0.25, 0.3) is 21.8 Å². The van der Waals surface area contributed by atoms with E-state index in [1.807, 2.05) is 19.1 Å². The number of anilines is 1. The molecule has 3 rings (SSSR count). The fourth-order valence-corrected chi connectivity index (χ4v) is 3.29. The van der Waals surface area contributed by atoms with Gasteiger partial charge in [-0.1, -0.05) is 6.92 Å². The van der Waals surface area contributed by atoms with E-state index >= 15 is 0 Å². The highest BCUT2D eigenvalue weighted by Crippen LogP contribution is 2.34. The first-order valence-corrected chi connectivity index (χ1v) is 9.11. The average Bonchev–Trinajstić information content (AvgIpc) is 3.06. The van der Waals surface area contributed by atoms with E-state index in [0.717, 1.165) is 16.9 Å². The minimum absolute atomic E-state index is 0.0808. The number of nitrogens with two attached hydrogens (primary N) is 1. The summed E-state index contributed by atoms with van der Waals surface area (Å²) in [6, 6.07) is 11.6. The first-order chi connectivity index (χ1) is 12.1. The van der Waals surface area contributed by atoms with Crippen molar-refractivity contribution in [3.05, 3.63) is 47.5 Å². The Kier molecular flexibility index (Phi) is 5.31. The summed E-state index contributed by atoms with van der Waals surface area (Å²) < 4.78 is 0. The summed E-state index contributed by atoms with van der Waals surface area (Å²) in [5.74, 6) is 1.35. The van der Waals surface area contributed by atoms with E-state index in [1.165, 1.54) is 4.88 Å². The van der Waals surface area contributed by atoms with Crippen LogP contribution in [0.5, 0.6) is 5.75 Å². The molecule has 0 fully saturated rings. The zero-order chi connectivity index (χ0) is 17.8. The van der Waals surface area contributed by atoms with Crippen LogP contribution in [0.4, 0.5) is 5.82 Å². The fraction of sp³-hybridized carbons (Fsp3) is 0.263. The van der Waals surface area contributed by atoms with E-state index in [2.05, 4.69) is 34.3 Å². The molecule has 1 atom stereocenters. The molecular weight excluding hydrogens is 332 g/mol. The predicted octanol–water partition coefficient (Wildman–Crippen LogP) is 4.04. The van der Waals surface area contributed by atoms with E-state index in [4.69, 9.17) is 5.73 Å². The summed E-state index contributed by atoms with van der Waals surface area (Å²) in [5.41, 5.74) is 7.60. The highest BCUT2D eigenvalue weighted by molar-refractivity contribution is 7.15. The number of benzene rings is 1. The van der Waals surface area contributed by atoms with Crippen molar-refractivity contribution in [1.82, 2.24) is 9.97 Å². The highest BCUT2D eigenvalue weighted by atomic mass is 32.1. The molecule has 0 aliphatic carbocycles. The third-order valence-corrected chi connectivity index (χ3v) is 5.04. The Morgan fingerprint density at radius 2 is 2.08 bits per heavy atom. The maximum atomic E-state index is 10.3. The number of hydrogen-bond acceptors (Lipinski definition) is 6. The van der Waals surface area contributed by atoms with E-state index in [0.29, 0.717) is 23.8 Å². The molecule has 0 aliphatic heterocycles. The molecule has 2 heterocycles. The van der Waals surface area contributed by atoms with Crippen LogP contribution in [-0.4, -0.2) is 27.7 Å². The number of rotatable bonds is 6. The Labute approximate surface area is 151 Å². The molecule has 0 amide bonds. The summed E-state index contributed by atoms with van der Waals surface area (Å²) in [5, 5.41) is 13.5. The number of hydrogen-bond donors (Lipinski definition) is 3. The summed E-state index contributed by atoms with van der Waals surface area (Å²) in [4.78, 5) is 11.2. The van der Waals surface area contributed by atoms with Crippen LogP contribution in [0.15, 0.2) is 42.6 Å². The summed E-state index contributed by atoms with van der Waals surface area (Å²) in [6.07, 6.45) is 2.58. The molecule has 3 aromatic rings. The molecule has 0 aliphatic rings. The zero-order valence-electron chi connectivity index (χ0n) is 14.4. The van der Waals surface area contributed by atoms with Crippen molar-refractivity contribution in [3.8, 4) is 27.6 Å². The Balaban J connectivity index is 1.90. The molecular formula is C19H22N4OS. The molecule has 2 aromatic heterocycles. The summed E-state index contributed by atoms with van der Waals surface area (Å²) >= 11 is 1.72. The number of phenols is 1. The molecule has 4 N–H and O–H groups in total. The van der Waals surface area contributed by atoms with Gasteiger partial charge >= 0.3 is 0 Å². The van der Waals surface area contributed by atoms with E-state index < -0.39 is 0 Å². The maximum Gasteiger partial charge on any atom is 0.165 e. The van der Waals surface area contributed by atoms with Crippen LogP contribution in [-0.2, 0) is 0 Å². The molecule has 0 saturated heterocycles. The van der Waals surface area contributed by atoms with Gasteiger partial charge in [0.25, 0.3) is 0 Å². The smallest absolute Gasteiger partial charge is 0.165 e. The van der Waals surface area contributed by atoms with Gasteiger partial charge in [0.2, 0.25) is 0 Å². The Morgan fingerprint density at radius 1 is 1.24 bits per heavy atom. The normalized spacial score (nSPS) is 12.1. The largest absolute Gasteiger partial charge is 0.507 e. The minimum Gasteiger partial charge on any atom is -0.507 e. The second-order valence-electron chi connectivity index (χ2n) is 5.96.